The number of halogens is 3. The first kappa shape index (κ1) is 35.7. The van der Waals surface area contributed by atoms with Crippen LogP contribution in [0.3, 0.4) is 0 Å². The number of para-hydroxylation sites is 1. The molecule has 0 saturated heterocycles. The fraction of sp³-hybridized carbons (Fsp3) is 0.375. The molecule has 1 amide bonds. The predicted molar refractivity (Wildman–Crippen MR) is 174 cm³/mol. The lowest BCUT2D eigenvalue weighted by Gasteiger charge is -2.32. The van der Waals surface area contributed by atoms with Gasteiger partial charge in [0.05, 0.1) is 43.8 Å². The van der Waals surface area contributed by atoms with Crippen LogP contribution in [0.2, 0.25) is 0 Å². The number of amides is 1. The fourth-order valence-electron chi connectivity index (χ4n) is 5.13. The standard InChI is InChI=1S/C32H34F3N5O5S2/c1-20-22(15-32(33,34)35)13-14-36-24(20)18-47(45)25-12-8-11-23-27(25)38-28(37-23)31(4,29(42)43)16-26(41)40(19-30(2,3)46-39-44)17-21-9-6-5-7-10-21/h5-14H,15-19H2,1-4H3,(H,37,38)(H,42,43). The van der Waals surface area contributed by atoms with Crippen LogP contribution in [0.25, 0.3) is 11.0 Å². The minimum absolute atomic E-state index is 0.0346. The van der Waals surface area contributed by atoms with Gasteiger partial charge in [0.15, 0.2) is 0 Å². The summed E-state index contributed by atoms with van der Waals surface area (Å²) in [6.07, 6.45) is -4.80. The van der Waals surface area contributed by atoms with Crippen LogP contribution in [-0.4, -0.2) is 58.5 Å². The number of rotatable bonds is 14. The van der Waals surface area contributed by atoms with Crippen LogP contribution in [-0.2, 0) is 44.5 Å². The summed E-state index contributed by atoms with van der Waals surface area (Å²) in [5.74, 6) is -2.05. The Hall–Kier alpha value is -4.11. The molecular formula is C32H34F3N5O5S2. The van der Waals surface area contributed by atoms with E-state index in [0.29, 0.717) is 5.52 Å². The number of carboxylic acids is 1. The van der Waals surface area contributed by atoms with E-state index >= 15 is 0 Å². The van der Waals surface area contributed by atoms with Crippen molar-refractivity contribution in [2.75, 3.05) is 6.54 Å². The Bertz CT molecular complexity index is 1800. The summed E-state index contributed by atoms with van der Waals surface area (Å²) in [5.41, 5.74) is 0.111. The third kappa shape index (κ3) is 8.83. The van der Waals surface area contributed by atoms with Gasteiger partial charge in [0.2, 0.25) is 5.91 Å². The highest BCUT2D eigenvalue weighted by Crippen LogP contribution is 2.33. The van der Waals surface area contributed by atoms with Crippen molar-refractivity contribution < 1.29 is 32.1 Å². The number of hydrogen-bond donors (Lipinski definition) is 2. The molecule has 4 aromatic rings. The first-order valence-corrected chi connectivity index (χ1v) is 16.6. The first-order chi connectivity index (χ1) is 22.0. The molecular weight excluding hydrogens is 656 g/mol. The summed E-state index contributed by atoms with van der Waals surface area (Å²) >= 11 is 0.780. The molecule has 15 heteroatoms. The average molecular weight is 690 g/mol. The predicted octanol–water partition coefficient (Wildman–Crippen LogP) is 6.63. The summed E-state index contributed by atoms with van der Waals surface area (Å²) in [6, 6.07) is 15.2. The van der Waals surface area contributed by atoms with Gasteiger partial charge in [-0.1, -0.05) is 36.4 Å². The van der Waals surface area contributed by atoms with Gasteiger partial charge in [0.1, 0.15) is 16.8 Å². The van der Waals surface area contributed by atoms with E-state index in [4.69, 9.17) is 0 Å². The monoisotopic (exact) mass is 689 g/mol. The fourth-order valence-corrected chi connectivity index (χ4v) is 6.84. The van der Waals surface area contributed by atoms with Crippen molar-refractivity contribution >= 4 is 45.7 Å². The van der Waals surface area contributed by atoms with E-state index in [1.165, 1.54) is 31.0 Å². The quantitative estimate of drug-likeness (QED) is 0.111. The van der Waals surface area contributed by atoms with Crippen LogP contribution in [0.5, 0.6) is 0 Å². The Labute approximate surface area is 276 Å². The Morgan fingerprint density at radius 3 is 2.40 bits per heavy atom. The molecule has 2 atom stereocenters. The molecule has 2 heterocycles. The highest BCUT2D eigenvalue weighted by atomic mass is 32.2. The maximum Gasteiger partial charge on any atom is 0.393 e. The first-order valence-electron chi connectivity index (χ1n) is 14.5. The Morgan fingerprint density at radius 1 is 1.06 bits per heavy atom. The number of nitroso groups, excluding NO2 is 1. The second-order valence-corrected chi connectivity index (χ2v) is 14.9. The van der Waals surface area contributed by atoms with Crippen LogP contribution < -0.4 is 0 Å². The minimum Gasteiger partial charge on any atom is -0.480 e. The topological polar surface area (TPSA) is 146 Å². The number of imidazole rings is 1. The second-order valence-electron chi connectivity index (χ2n) is 12.0. The second kappa shape index (κ2) is 14.3. The highest BCUT2D eigenvalue weighted by molar-refractivity contribution is 7.99. The highest BCUT2D eigenvalue weighted by Gasteiger charge is 2.43. The van der Waals surface area contributed by atoms with Crippen LogP contribution in [0.1, 0.15) is 55.4 Å². The minimum atomic E-state index is -4.42. The van der Waals surface area contributed by atoms with Gasteiger partial charge in [-0.15, -0.1) is 4.91 Å². The summed E-state index contributed by atoms with van der Waals surface area (Å²) < 4.78 is 54.9. The molecule has 2 aromatic heterocycles. The van der Waals surface area contributed by atoms with Gasteiger partial charge in [0.25, 0.3) is 0 Å². The molecule has 0 radical (unpaired) electrons. The number of pyridine rings is 1. The molecule has 10 nitrogen and oxygen atoms in total. The van der Waals surface area contributed by atoms with Crippen molar-refractivity contribution in [1.29, 1.82) is 0 Å². The number of fused-ring (bicyclic) bond motifs is 1. The Kier molecular flexibility index (Phi) is 10.9. The van der Waals surface area contributed by atoms with E-state index in [2.05, 4.69) is 19.5 Å². The number of carbonyl (C=O) groups is 2. The lowest BCUT2D eigenvalue weighted by atomic mass is 9.85. The normalized spacial score (nSPS) is 14.0. The number of benzene rings is 2. The van der Waals surface area contributed by atoms with Crippen LogP contribution in [0, 0.1) is 11.8 Å². The molecule has 4 rings (SSSR count). The molecule has 0 bridgehead atoms. The number of alkyl halides is 3. The molecule has 2 aromatic carbocycles. The van der Waals surface area contributed by atoms with Crippen molar-refractivity contribution in [2.45, 2.75) is 74.1 Å². The van der Waals surface area contributed by atoms with E-state index in [1.807, 2.05) is 30.3 Å². The Balaban J connectivity index is 1.65. The summed E-state index contributed by atoms with van der Waals surface area (Å²) in [6.45, 7) is 6.65. The number of carboxylic acid groups (broad SMARTS) is 1. The maximum atomic E-state index is 13.8. The van der Waals surface area contributed by atoms with Crippen molar-refractivity contribution in [2.24, 2.45) is 4.58 Å². The van der Waals surface area contributed by atoms with Gasteiger partial charge >= 0.3 is 12.1 Å². The van der Waals surface area contributed by atoms with Crippen molar-refractivity contribution in [3.05, 3.63) is 93.9 Å². The zero-order chi connectivity index (χ0) is 34.6. The lowest BCUT2D eigenvalue weighted by molar-refractivity contribution is -0.148. The molecule has 0 saturated carbocycles. The van der Waals surface area contributed by atoms with E-state index in [9.17, 15) is 37.0 Å². The van der Waals surface area contributed by atoms with Crippen LogP contribution in [0.15, 0.2) is 70.3 Å². The maximum absolute atomic E-state index is 13.8. The summed E-state index contributed by atoms with van der Waals surface area (Å²) in [4.78, 5) is 51.1. The number of aliphatic carboxylic acids is 1. The van der Waals surface area contributed by atoms with Gasteiger partial charge < -0.3 is 15.0 Å². The lowest BCUT2D eigenvalue weighted by Crippen LogP contribution is -2.45. The largest absolute Gasteiger partial charge is 0.480 e. The van der Waals surface area contributed by atoms with E-state index in [1.54, 1.807) is 32.0 Å². The van der Waals surface area contributed by atoms with Crippen molar-refractivity contribution in [1.82, 2.24) is 19.9 Å². The van der Waals surface area contributed by atoms with Crippen molar-refractivity contribution in [3.63, 3.8) is 0 Å². The van der Waals surface area contributed by atoms with Gasteiger partial charge in [0, 0.05) is 42.2 Å². The molecule has 0 fully saturated rings. The van der Waals surface area contributed by atoms with Crippen LogP contribution >= 0.6 is 11.9 Å². The molecule has 2 N–H and O–H groups in total. The van der Waals surface area contributed by atoms with Gasteiger partial charge in [-0.25, -0.2) is 4.98 Å². The average Bonchev–Trinajstić information content (AvgIpc) is 3.44. The molecule has 0 aliphatic rings. The number of hydrogen-bond acceptors (Lipinski definition) is 8. The van der Waals surface area contributed by atoms with Crippen molar-refractivity contribution in [3.8, 4) is 0 Å². The number of aromatic amines is 1. The smallest absolute Gasteiger partial charge is 0.393 e. The third-order valence-corrected chi connectivity index (χ3v) is 9.78. The molecule has 0 aliphatic carbocycles. The zero-order valence-corrected chi connectivity index (χ0v) is 27.8. The molecule has 47 heavy (non-hydrogen) atoms. The van der Waals surface area contributed by atoms with E-state index in [-0.39, 0.29) is 51.9 Å². The van der Waals surface area contributed by atoms with E-state index in [0.717, 1.165) is 17.5 Å². The van der Waals surface area contributed by atoms with Gasteiger partial charge in [-0.2, -0.15) is 13.2 Å². The number of nitrogens with one attached hydrogen (secondary N) is 1. The molecule has 2 unspecified atom stereocenters. The molecule has 0 spiro atoms. The number of aromatic nitrogens is 3. The van der Waals surface area contributed by atoms with E-state index < -0.39 is 51.9 Å². The SMILES string of the molecule is Cc1c(CC(F)(F)F)ccnc1CS(=O)c1cccc2[nH]c(C(C)(CC(=O)N(Cc3ccccc3)CC(C)(C)SN=O)C(=O)O)nc12. The van der Waals surface area contributed by atoms with Gasteiger partial charge in [-0.05, 0) is 62.6 Å². The van der Waals surface area contributed by atoms with Crippen LogP contribution in [0.4, 0.5) is 13.2 Å². The number of carbonyl (C=O) groups excluding carboxylic acids is 1. The summed E-state index contributed by atoms with van der Waals surface area (Å²) in [5, 5.41) is 10.4. The summed E-state index contributed by atoms with van der Waals surface area (Å²) in [7, 11) is -1.81. The molecule has 0 aliphatic heterocycles. The zero-order valence-electron chi connectivity index (χ0n) is 26.1. The molecule has 250 valence electrons. The van der Waals surface area contributed by atoms with Gasteiger partial charge in [-0.3, -0.25) is 18.8 Å². The Morgan fingerprint density at radius 2 is 1.77 bits per heavy atom. The number of H-pyrrole nitrogens is 1. The number of nitrogens with zero attached hydrogens (tertiary/aromatic N) is 4. The third-order valence-electron chi connectivity index (χ3n) is 7.72.